The summed E-state index contributed by atoms with van der Waals surface area (Å²) in [6.45, 7) is 0. The van der Waals surface area contributed by atoms with Gasteiger partial charge < -0.3 is 20.9 Å². The summed E-state index contributed by atoms with van der Waals surface area (Å²) in [6, 6.07) is 6.92. The van der Waals surface area contributed by atoms with E-state index in [0.717, 1.165) is 0 Å². The predicted molar refractivity (Wildman–Crippen MR) is 70.4 cm³/mol. The molecule has 0 amide bonds. The van der Waals surface area contributed by atoms with Gasteiger partial charge in [0.15, 0.2) is 0 Å². The molecule has 18 heavy (non-hydrogen) atoms. The molecule has 0 radical (unpaired) electrons. The van der Waals surface area contributed by atoms with Crippen LogP contribution in [0, 0.1) is 0 Å². The van der Waals surface area contributed by atoms with Gasteiger partial charge >= 0.3 is 0 Å². The zero-order chi connectivity index (χ0) is 13.4. The molecule has 0 fully saturated rings. The lowest BCUT2D eigenvalue weighted by molar-refractivity contribution is 0.398. The van der Waals surface area contributed by atoms with Crippen molar-refractivity contribution in [3.05, 3.63) is 36.7 Å². The Kier molecular flexibility index (Phi) is 5.24. The molecule has 2 aromatic heterocycles. The molecule has 0 aliphatic carbocycles. The van der Waals surface area contributed by atoms with Crippen LogP contribution in [0.4, 0.5) is 11.4 Å². The largest absolute Gasteiger partial charge is 0.481 e. The maximum Gasteiger partial charge on any atom is 0.213 e. The zero-order valence-corrected chi connectivity index (χ0v) is 10.3. The van der Waals surface area contributed by atoms with E-state index in [4.69, 9.17) is 20.9 Å². The fourth-order valence-corrected chi connectivity index (χ4v) is 1.02. The molecule has 0 aliphatic heterocycles. The van der Waals surface area contributed by atoms with E-state index in [0.29, 0.717) is 23.1 Å². The minimum absolute atomic E-state index is 0.587. The number of anilines is 2. The number of aromatic nitrogens is 2. The number of nitrogens with zero attached hydrogens (tertiary/aromatic N) is 2. The number of nitrogens with two attached hydrogens (primary N) is 2. The fourth-order valence-electron chi connectivity index (χ4n) is 1.02. The Balaban J connectivity index is 0.000000180. The van der Waals surface area contributed by atoms with E-state index in [1.807, 2.05) is 0 Å². The first-order valence-corrected chi connectivity index (χ1v) is 5.16. The lowest BCUT2D eigenvalue weighted by Crippen LogP contribution is -1.89. The van der Waals surface area contributed by atoms with Crippen molar-refractivity contribution in [2.24, 2.45) is 0 Å². The van der Waals surface area contributed by atoms with Crippen LogP contribution in [-0.2, 0) is 0 Å². The normalized spacial score (nSPS) is 9.00. The number of hydrogen-bond acceptors (Lipinski definition) is 6. The van der Waals surface area contributed by atoms with E-state index in [1.165, 1.54) is 0 Å². The zero-order valence-electron chi connectivity index (χ0n) is 10.3. The van der Waals surface area contributed by atoms with Gasteiger partial charge in [-0.05, 0) is 12.1 Å². The van der Waals surface area contributed by atoms with Gasteiger partial charge in [0.05, 0.1) is 38.0 Å². The summed E-state index contributed by atoms with van der Waals surface area (Å²) in [5.74, 6) is 1.17. The summed E-state index contributed by atoms with van der Waals surface area (Å²) in [5.41, 5.74) is 12.0. The maximum atomic E-state index is 5.36. The first kappa shape index (κ1) is 13.6. The van der Waals surface area contributed by atoms with Crippen LogP contribution < -0.4 is 20.9 Å². The Morgan fingerprint density at radius 2 is 1.17 bits per heavy atom. The lowest BCUT2D eigenvalue weighted by atomic mass is 10.4. The molecule has 96 valence electrons. The van der Waals surface area contributed by atoms with Crippen LogP contribution in [-0.4, -0.2) is 24.2 Å². The smallest absolute Gasteiger partial charge is 0.213 e. The van der Waals surface area contributed by atoms with Crippen molar-refractivity contribution in [2.45, 2.75) is 0 Å². The van der Waals surface area contributed by atoms with Crippen molar-refractivity contribution in [3.8, 4) is 11.8 Å². The molecule has 2 aromatic rings. The number of ether oxygens (including phenoxy) is 2. The maximum absolute atomic E-state index is 5.36. The van der Waals surface area contributed by atoms with E-state index < -0.39 is 0 Å². The van der Waals surface area contributed by atoms with E-state index in [-0.39, 0.29) is 0 Å². The van der Waals surface area contributed by atoms with Crippen LogP contribution in [0.1, 0.15) is 0 Å². The average molecular weight is 248 g/mol. The monoisotopic (exact) mass is 248 g/mol. The molecule has 2 heterocycles. The summed E-state index contributed by atoms with van der Waals surface area (Å²) in [6.07, 6.45) is 3.11. The molecular formula is C12H16N4O2. The van der Waals surface area contributed by atoms with E-state index in [9.17, 15) is 0 Å². The molecule has 0 aromatic carbocycles. The summed E-state index contributed by atoms with van der Waals surface area (Å²) in [4.78, 5) is 7.70. The van der Waals surface area contributed by atoms with Gasteiger partial charge in [0.1, 0.15) is 0 Å². The molecule has 0 aliphatic rings. The number of nitrogen functional groups attached to an aromatic ring is 2. The predicted octanol–water partition coefficient (Wildman–Crippen LogP) is 1.34. The summed E-state index contributed by atoms with van der Waals surface area (Å²) < 4.78 is 9.60. The van der Waals surface area contributed by atoms with Gasteiger partial charge in [0.25, 0.3) is 0 Å². The highest BCUT2D eigenvalue weighted by Crippen LogP contribution is 2.07. The van der Waals surface area contributed by atoms with Crippen LogP contribution in [0.5, 0.6) is 11.8 Å². The van der Waals surface area contributed by atoms with Crippen LogP contribution in [0.3, 0.4) is 0 Å². The minimum atomic E-state index is 0.587. The third kappa shape index (κ3) is 4.56. The van der Waals surface area contributed by atoms with Gasteiger partial charge in [-0.1, -0.05) is 0 Å². The second-order valence-corrected chi connectivity index (χ2v) is 3.27. The third-order valence-corrected chi connectivity index (χ3v) is 1.94. The standard InChI is InChI=1S/2C6H8N2O/c2*1-9-6-3-2-5(7)4-8-6/h2*2-4H,7H2,1H3. The third-order valence-electron chi connectivity index (χ3n) is 1.94. The molecule has 0 spiro atoms. The summed E-state index contributed by atoms with van der Waals surface area (Å²) in [7, 11) is 3.14. The highest BCUT2D eigenvalue weighted by Gasteiger charge is 1.88. The molecule has 4 N–H and O–H groups in total. The Labute approximate surface area is 106 Å². The van der Waals surface area contributed by atoms with Crippen molar-refractivity contribution in [1.29, 1.82) is 0 Å². The van der Waals surface area contributed by atoms with Gasteiger partial charge in [-0.15, -0.1) is 0 Å². The number of methoxy groups -OCH3 is 2. The fraction of sp³-hybridized carbons (Fsp3) is 0.167. The number of rotatable bonds is 2. The SMILES string of the molecule is COc1ccc(N)cn1.COc1ccc(N)cn1. The van der Waals surface area contributed by atoms with Crippen molar-refractivity contribution >= 4 is 11.4 Å². The average Bonchev–Trinajstić information content (AvgIpc) is 2.41. The highest BCUT2D eigenvalue weighted by atomic mass is 16.5. The molecule has 0 unspecified atom stereocenters. The molecule has 6 heteroatoms. The van der Waals surface area contributed by atoms with Crippen molar-refractivity contribution in [3.63, 3.8) is 0 Å². The molecule has 0 saturated heterocycles. The molecule has 0 saturated carbocycles. The first-order chi connectivity index (χ1) is 8.65. The van der Waals surface area contributed by atoms with Crippen molar-refractivity contribution in [1.82, 2.24) is 9.97 Å². The van der Waals surface area contributed by atoms with Gasteiger partial charge in [-0.2, -0.15) is 0 Å². The summed E-state index contributed by atoms with van der Waals surface area (Å²) in [5, 5.41) is 0. The van der Waals surface area contributed by atoms with Gasteiger partial charge in [0, 0.05) is 12.1 Å². The topological polar surface area (TPSA) is 96.3 Å². The molecule has 6 nitrogen and oxygen atoms in total. The van der Waals surface area contributed by atoms with Gasteiger partial charge in [-0.3, -0.25) is 0 Å². The molecule has 0 bridgehead atoms. The highest BCUT2D eigenvalue weighted by molar-refractivity contribution is 5.36. The van der Waals surface area contributed by atoms with Crippen molar-refractivity contribution < 1.29 is 9.47 Å². The molecule has 0 atom stereocenters. The quantitative estimate of drug-likeness (QED) is 0.832. The summed E-state index contributed by atoms with van der Waals surface area (Å²) >= 11 is 0. The second-order valence-electron chi connectivity index (χ2n) is 3.27. The lowest BCUT2D eigenvalue weighted by Gasteiger charge is -1.95. The second kappa shape index (κ2) is 6.95. The van der Waals surface area contributed by atoms with Crippen LogP contribution >= 0.6 is 0 Å². The van der Waals surface area contributed by atoms with Gasteiger partial charge in [0.2, 0.25) is 11.8 Å². The van der Waals surface area contributed by atoms with E-state index in [1.54, 1.807) is 50.9 Å². The van der Waals surface area contributed by atoms with E-state index in [2.05, 4.69) is 9.97 Å². The van der Waals surface area contributed by atoms with Crippen LogP contribution in [0.25, 0.3) is 0 Å². The Morgan fingerprint density at radius 1 is 0.778 bits per heavy atom. The number of hydrogen-bond donors (Lipinski definition) is 2. The van der Waals surface area contributed by atoms with Crippen LogP contribution in [0.2, 0.25) is 0 Å². The Bertz CT molecular complexity index is 411. The van der Waals surface area contributed by atoms with Gasteiger partial charge in [-0.25, -0.2) is 9.97 Å². The molecular weight excluding hydrogens is 232 g/mol. The molecule has 2 rings (SSSR count). The van der Waals surface area contributed by atoms with E-state index >= 15 is 0 Å². The minimum Gasteiger partial charge on any atom is -0.481 e. The number of pyridine rings is 2. The first-order valence-electron chi connectivity index (χ1n) is 5.16. The Hall–Kier alpha value is -2.50. The van der Waals surface area contributed by atoms with Crippen LogP contribution in [0.15, 0.2) is 36.7 Å². The Morgan fingerprint density at radius 3 is 1.39 bits per heavy atom. The van der Waals surface area contributed by atoms with Crippen molar-refractivity contribution in [2.75, 3.05) is 25.7 Å².